The van der Waals surface area contributed by atoms with E-state index in [4.69, 9.17) is 9.47 Å². The molecular formula is C28H39N3O3. The second-order valence-electron chi connectivity index (χ2n) is 10.1. The van der Waals surface area contributed by atoms with Crippen LogP contribution in [0.1, 0.15) is 62.1 Å². The van der Waals surface area contributed by atoms with Gasteiger partial charge < -0.3 is 14.4 Å². The molecule has 1 unspecified atom stereocenters. The summed E-state index contributed by atoms with van der Waals surface area (Å²) in [7, 11) is 3.54. The summed E-state index contributed by atoms with van der Waals surface area (Å²) in [5.41, 5.74) is 3.72. The van der Waals surface area contributed by atoms with Crippen LogP contribution in [-0.2, 0) is 20.7 Å². The van der Waals surface area contributed by atoms with Gasteiger partial charge >= 0.3 is 0 Å². The van der Waals surface area contributed by atoms with Crippen molar-refractivity contribution in [3.05, 3.63) is 41.5 Å². The molecule has 1 aliphatic heterocycles. The Morgan fingerprint density at radius 1 is 1.29 bits per heavy atom. The molecule has 1 aromatic rings. The fourth-order valence-corrected chi connectivity index (χ4v) is 5.00. The maximum Gasteiger partial charge on any atom is 0.226 e. The first-order chi connectivity index (χ1) is 16.5. The number of aliphatic imine (C=N–C) groups is 2. The summed E-state index contributed by atoms with van der Waals surface area (Å²) in [5.74, 6) is 2.46. The van der Waals surface area contributed by atoms with E-state index in [9.17, 15) is 4.79 Å². The van der Waals surface area contributed by atoms with Gasteiger partial charge in [0, 0.05) is 57.2 Å². The van der Waals surface area contributed by atoms with E-state index < -0.39 is 0 Å². The lowest BCUT2D eigenvalue weighted by Crippen LogP contribution is -2.34. The van der Waals surface area contributed by atoms with Gasteiger partial charge in [-0.2, -0.15) is 0 Å². The van der Waals surface area contributed by atoms with Crippen LogP contribution in [0.15, 0.2) is 34.8 Å². The van der Waals surface area contributed by atoms with E-state index in [0.29, 0.717) is 35.3 Å². The number of rotatable bonds is 12. The third-order valence-electron chi connectivity index (χ3n) is 7.44. The largest absolute Gasteiger partial charge is 0.443 e. The van der Waals surface area contributed by atoms with Gasteiger partial charge in [-0.05, 0) is 61.1 Å². The normalized spacial score (nSPS) is 20.9. The Labute approximate surface area is 204 Å². The number of amides is 1. The molecule has 4 rings (SSSR count). The third kappa shape index (κ3) is 5.77. The first-order valence-corrected chi connectivity index (χ1v) is 12.7. The van der Waals surface area contributed by atoms with E-state index in [0.717, 1.165) is 63.1 Å². The molecular weight excluding hydrogens is 426 g/mol. The summed E-state index contributed by atoms with van der Waals surface area (Å²) >= 11 is 0. The highest BCUT2D eigenvalue weighted by Gasteiger charge is 2.66. The predicted octanol–water partition coefficient (Wildman–Crippen LogP) is 4.76. The van der Waals surface area contributed by atoms with Crippen molar-refractivity contribution in [3.8, 4) is 0 Å². The molecule has 184 valence electrons. The topological polar surface area (TPSA) is 63.5 Å². The SMILES string of the molecule is C=C(O/C(CCCN(CCC)C(=O)C1CC12CC2)=N\C)c1ccc(/C=N\C)c(CC2COC2)c1. The van der Waals surface area contributed by atoms with Gasteiger partial charge in [0.25, 0.3) is 0 Å². The van der Waals surface area contributed by atoms with Crippen LogP contribution in [-0.4, -0.2) is 63.3 Å². The van der Waals surface area contributed by atoms with Crippen LogP contribution in [0.3, 0.4) is 0 Å². The second kappa shape index (κ2) is 10.9. The van der Waals surface area contributed by atoms with Crippen molar-refractivity contribution >= 4 is 23.8 Å². The van der Waals surface area contributed by atoms with E-state index in [1.165, 1.54) is 18.4 Å². The molecule has 3 aliphatic rings. The van der Waals surface area contributed by atoms with E-state index in [1.54, 1.807) is 14.1 Å². The van der Waals surface area contributed by atoms with Crippen LogP contribution < -0.4 is 0 Å². The van der Waals surface area contributed by atoms with Crippen LogP contribution >= 0.6 is 0 Å². The minimum absolute atomic E-state index is 0.288. The van der Waals surface area contributed by atoms with Gasteiger partial charge in [0.15, 0.2) is 5.90 Å². The quantitative estimate of drug-likeness (QED) is 0.254. The maximum absolute atomic E-state index is 12.9. The highest BCUT2D eigenvalue weighted by molar-refractivity contribution is 5.85. The molecule has 0 N–H and O–H groups in total. The molecule has 1 amide bonds. The summed E-state index contributed by atoms with van der Waals surface area (Å²) in [6, 6.07) is 6.25. The van der Waals surface area contributed by atoms with Crippen LogP contribution in [0, 0.1) is 17.3 Å². The van der Waals surface area contributed by atoms with Crippen molar-refractivity contribution in [1.29, 1.82) is 0 Å². The van der Waals surface area contributed by atoms with Crippen molar-refractivity contribution < 1.29 is 14.3 Å². The zero-order chi connectivity index (χ0) is 24.1. The van der Waals surface area contributed by atoms with Crippen molar-refractivity contribution in [2.45, 2.75) is 51.9 Å². The molecule has 1 aromatic carbocycles. The number of benzene rings is 1. The fourth-order valence-electron chi connectivity index (χ4n) is 5.00. The molecule has 34 heavy (non-hydrogen) atoms. The van der Waals surface area contributed by atoms with Gasteiger partial charge in [0.1, 0.15) is 5.76 Å². The Morgan fingerprint density at radius 2 is 2.09 bits per heavy atom. The fraction of sp³-hybridized carbons (Fsp3) is 0.607. The minimum Gasteiger partial charge on any atom is -0.443 e. The molecule has 1 saturated heterocycles. The lowest BCUT2D eigenvalue weighted by atomic mass is 9.93. The number of hydrogen-bond acceptors (Lipinski definition) is 5. The predicted molar refractivity (Wildman–Crippen MR) is 137 cm³/mol. The molecule has 0 radical (unpaired) electrons. The zero-order valence-electron chi connectivity index (χ0n) is 21.0. The molecule has 2 aliphatic carbocycles. The van der Waals surface area contributed by atoms with E-state index in [1.807, 2.05) is 12.3 Å². The van der Waals surface area contributed by atoms with Crippen LogP contribution in [0.4, 0.5) is 0 Å². The molecule has 1 spiro atoms. The summed E-state index contributed by atoms with van der Waals surface area (Å²) in [6.07, 6.45) is 8.97. The van der Waals surface area contributed by atoms with Gasteiger partial charge in [-0.25, -0.2) is 0 Å². The van der Waals surface area contributed by atoms with E-state index >= 15 is 0 Å². The highest BCUT2D eigenvalue weighted by Crippen LogP contribution is 2.70. The summed E-state index contributed by atoms with van der Waals surface area (Å²) in [6.45, 7) is 9.53. The van der Waals surface area contributed by atoms with E-state index in [-0.39, 0.29) is 5.92 Å². The Morgan fingerprint density at radius 3 is 2.68 bits per heavy atom. The number of hydrogen-bond donors (Lipinski definition) is 0. The second-order valence-corrected chi connectivity index (χ2v) is 10.1. The average molecular weight is 466 g/mol. The highest BCUT2D eigenvalue weighted by atomic mass is 16.5. The van der Waals surface area contributed by atoms with Gasteiger partial charge in [-0.1, -0.05) is 25.6 Å². The molecule has 6 nitrogen and oxygen atoms in total. The average Bonchev–Trinajstić information content (AvgIpc) is 3.74. The molecule has 2 saturated carbocycles. The first kappa shape index (κ1) is 24.6. The molecule has 1 heterocycles. The standard InChI is InChI=1S/C28H39N3O3/c1-5-12-31(27(32)25-16-28(25)10-11-28)13-6-7-26(30-4)34-20(2)22-8-9-23(17-29-3)24(15-22)14-21-18-33-19-21/h8-9,15,17,21,25H,2,5-7,10-14,16,18-19H2,1,3-4H3/b29-17-,30-26-. The number of carbonyl (C=O) groups excluding carboxylic acids is 1. The zero-order valence-corrected chi connectivity index (χ0v) is 21.0. The van der Waals surface area contributed by atoms with Gasteiger partial charge in [-0.15, -0.1) is 0 Å². The lowest BCUT2D eigenvalue weighted by molar-refractivity contribution is -0.133. The Balaban J connectivity index is 1.31. The molecule has 0 aromatic heterocycles. The monoisotopic (exact) mass is 465 g/mol. The number of carbonyl (C=O) groups is 1. The van der Waals surface area contributed by atoms with Crippen molar-refractivity contribution in [2.75, 3.05) is 40.4 Å². The van der Waals surface area contributed by atoms with Crippen molar-refractivity contribution in [1.82, 2.24) is 4.90 Å². The molecule has 1 atom stereocenters. The van der Waals surface area contributed by atoms with Gasteiger partial charge in [0.05, 0.1) is 13.2 Å². The summed E-state index contributed by atoms with van der Waals surface area (Å²) in [5, 5.41) is 0. The Bertz CT molecular complexity index is 960. The Hall–Kier alpha value is -2.47. The molecule has 6 heteroatoms. The molecule has 0 bridgehead atoms. The maximum atomic E-state index is 12.9. The van der Waals surface area contributed by atoms with E-state index in [2.05, 4.69) is 40.5 Å². The van der Waals surface area contributed by atoms with Crippen LogP contribution in [0.2, 0.25) is 0 Å². The first-order valence-electron chi connectivity index (χ1n) is 12.7. The van der Waals surface area contributed by atoms with Crippen LogP contribution in [0.25, 0.3) is 5.76 Å². The summed E-state index contributed by atoms with van der Waals surface area (Å²) in [4.78, 5) is 23.5. The summed E-state index contributed by atoms with van der Waals surface area (Å²) < 4.78 is 11.4. The minimum atomic E-state index is 0.288. The lowest BCUT2D eigenvalue weighted by Gasteiger charge is -2.26. The number of nitrogens with zero attached hydrogens (tertiary/aromatic N) is 3. The number of ether oxygens (including phenoxy) is 2. The van der Waals surface area contributed by atoms with Crippen LogP contribution in [0.5, 0.6) is 0 Å². The van der Waals surface area contributed by atoms with Gasteiger partial charge in [0.2, 0.25) is 5.91 Å². The third-order valence-corrected chi connectivity index (χ3v) is 7.44. The van der Waals surface area contributed by atoms with Gasteiger partial charge in [-0.3, -0.25) is 14.8 Å². The van der Waals surface area contributed by atoms with Crippen molar-refractivity contribution in [2.24, 2.45) is 27.2 Å². The Kier molecular flexibility index (Phi) is 7.87. The van der Waals surface area contributed by atoms with Crippen molar-refractivity contribution in [3.63, 3.8) is 0 Å². The molecule has 3 fully saturated rings. The smallest absolute Gasteiger partial charge is 0.226 e.